The summed E-state index contributed by atoms with van der Waals surface area (Å²) in [5.74, 6) is 1.92. The van der Waals surface area contributed by atoms with Crippen molar-refractivity contribution in [1.82, 2.24) is 9.80 Å². The van der Waals surface area contributed by atoms with E-state index in [1.54, 1.807) is 0 Å². The van der Waals surface area contributed by atoms with Gasteiger partial charge in [0.25, 0.3) is 0 Å². The zero-order valence-corrected chi connectivity index (χ0v) is 25.0. The predicted octanol–water partition coefficient (Wildman–Crippen LogP) is 1.07. The van der Waals surface area contributed by atoms with Crippen LogP contribution in [0.25, 0.3) is 0 Å². The molecule has 0 bridgehead atoms. The highest BCUT2D eigenvalue weighted by atomic mass is 35.5. The van der Waals surface area contributed by atoms with Gasteiger partial charge in [0.1, 0.15) is 24.7 Å². The summed E-state index contributed by atoms with van der Waals surface area (Å²) in [5.41, 5.74) is 9.27. The highest BCUT2D eigenvalue weighted by Crippen LogP contribution is 2.22. The second-order valence-corrected chi connectivity index (χ2v) is 11.4. The molecule has 0 aromatic heterocycles. The molecule has 2 aromatic rings. The van der Waals surface area contributed by atoms with E-state index in [0.29, 0.717) is 6.04 Å². The highest BCUT2D eigenvalue weighted by molar-refractivity contribution is 5.28. The molecular weight excluding hydrogens is 496 g/mol. The second-order valence-electron chi connectivity index (χ2n) is 11.4. The Hall–Kier alpha value is -1.83. The van der Waals surface area contributed by atoms with E-state index in [-0.39, 0.29) is 12.4 Å². The van der Waals surface area contributed by atoms with E-state index in [0.717, 1.165) is 57.2 Å². The van der Waals surface area contributed by atoms with Crippen molar-refractivity contribution in [3.8, 4) is 11.5 Å². The first-order valence-corrected chi connectivity index (χ1v) is 14.2. The largest absolute Gasteiger partial charge is 1.00 e. The molecular formula is C31H51ClN4O2. The smallest absolute Gasteiger partial charge is 0.119 e. The van der Waals surface area contributed by atoms with Crippen LogP contribution >= 0.6 is 0 Å². The van der Waals surface area contributed by atoms with Gasteiger partial charge in [-0.05, 0) is 89.3 Å². The topological polar surface area (TPSA) is 51.0 Å². The minimum atomic E-state index is 0. The van der Waals surface area contributed by atoms with Crippen LogP contribution in [-0.2, 0) is 12.8 Å². The molecule has 1 fully saturated rings. The number of benzene rings is 2. The number of likely N-dealkylation sites (tertiary alicyclic amines) is 1. The van der Waals surface area contributed by atoms with Crippen LogP contribution in [0.15, 0.2) is 48.5 Å². The molecule has 2 N–H and O–H groups in total. The van der Waals surface area contributed by atoms with E-state index in [4.69, 9.17) is 15.2 Å². The Morgan fingerprint density at radius 1 is 0.763 bits per heavy atom. The summed E-state index contributed by atoms with van der Waals surface area (Å²) in [6.45, 7) is 8.13. The van der Waals surface area contributed by atoms with Gasteiger partial charge in [0.15, 0.2) is 0 Å². The van der Waals surface area contributed by atoms with E-state index in [1.807, 2.05) is 0 Å². The lowest BCUT2D eigenvalue weighted by Gasteiger charge is -2.44. The minimum absolute atomic E-state index is 0. The summed E-state index contributed by atoms with van der Waals surface area (Å²) in [6, 6.07) is 17.7. The van der Waals surface area contributed by atoms with Gasteiger partial charge in [-0.15, -0.1) is 0 Å². The lowest BCUT2D eigenvalue weighted by molar-refractivity contribution is -0.933. The summed E-state index contributed by atoms with van der Waals surface area (Å²) in [5, 5.41) is 0. The molecule has 0 radical (unpaired) electrons. The van der Waals surface area contributed by atoms with Crippen LogP contribution in [0.1, 0.15) is 36.8 Å². The van der Waals surface area contributed by atoms with Gasteiger partial charge in [-0.1, -0.05) is 24.3 Å². The predicted molar refractivity (Wildman–Crippen MR) is 155 cm³/mol. The molecule has 0 unspecified atom stereocenters. The minimum Gasteiger partial charge on any atom is -1.00 e. The summed E-state index contributed by atoms with van der Waals surface area (Å²) < 4.78 is 12.9. The Kier molecular flexibility index (Phi) is 14.5. The molecule has 214 valence electrons. The van der Waals surface area contributed by atoms with Crippen LogP contribution in [-0.4, -0.2) is 101 Å². The first-order chi connectivity index (χ1) is 17.8. The average molecular weight is 547 g/mol. The van der Waals surface area contributed by atoms with Crippen LogP contribution in [0.4, 0.5) is 0 Å². The fraction of sp³-hybridized carbons (Fsp3) is 0.613. The van der Waals surface area contributed by atoms with Crippen molar-refractivity contribution < 1.29 is 26.4 Å². The van der Waals surface area contributed by atoms with Gasteiger partial charge in [-0.25, -0.2) is 0 Å². The zero-order chi connectivity index (χ0) is 26.5. The summed E-state index contributed by atoms with van der Waals surface area (Å²) in [7, 11) is 8.27. The molecule has 1 aliphatic rings. The van der Waals surface area contributed by atoms with Gasteiger partial charge < -0.3 is 41.9 Å². The number of nitrogens with two attached hydrogens (primary N) is 1. The average Bonchev–Trinajstić information content (AvgIpc) is 2.86. The molecule has 0 aliphatic carbocycles. The maximum absolute atomic E-state index is 6.48. The number of hydrogen-bond acceptors (Lipinski definition) is 5. The number of piperidine rings is 1. The van der Waals surface area contributed by atoms with Crippen molar-refractivity contribution >= 4 is 0 Å². The Morgan fingerprint density at radius 3 is 1.61 bits per heavy atom. The Balaban J connectivity index is 0.00000507. The summed E-state index contributed by atoms with van der Waals surface area (Å²) in [6.07, 6.45) is 7.05. The van der Waals surface area contributed by atoms with Gasteiger partial charge in [-0.2, -0.15) is 0 Å². The maximum Gasteiger partial charge on any atom is 0.119 e. The molecule has 1 saturated heterocycles. The number of ether oxygens (including phenoxy) is 2. The Labute approximate surface area is 238 Å². The fourth-order valence-electron chi connectivity index (χ4n) is 5.32. The Morgan fingerprint density at radius 2 is 1.21 bits per heavy atom. The fourth-order valence-corrected chi connectivity index (χ4v) is 5.32. The van der Waals surface area contributed by atoms with Crippen LogP contribution in [0, 0.1) is 0 Å². The standard InChI is InChI=1S/C31H51N4O2.ClH/c1-33(2)19-24-36-30-15-11-27(12-16-30)8-5-21-35(23-7-10-29(32)26-35)22-6-9-28-13-17-31(18-14-28)37-25-20-34(3)4;/h11-18,29H,5-10,19-26,32H2,1-4H3;1H/q+1;/p-1/t29-;/m0./s1. The van der Waals surface area contributed by atoms with Crippen molar-refractivity contribution in [3.63, 3.8) is 0 Å². The van der Waals surface area contributed by atoms with Gasteiger partial charge in [0, 0.05) is 25.9 Å². The van der Waals surface area contributed by atoms with Gasteiger partial charge in [-0.3, -0.25) is 0 Å². The molecule has 7 heteroatoms. The molecule has 1 aliphatic heterocycles. The summed E-state index contributed by atoms with van der Waals surface area (Å²) >= 11 is 0. The van der Waals surface area contributed by atoms with Crippen LogP contribution in [0.3, 0.4) is 0 Å². The van der Waals surface area contributed by atoms with Crippen LogP contribution in [0.2, 0.25) is 0 Å². The molecule has 1 heterocycles. The van der Waals surface area contributed by atoms with Gasteiger partial charge in [0.05, 0.1) is 32.2 Å². The highest BCUT2D eigenvalue weighted by Gasteiger charge is 2.32. The van der Waals surface area contributed by atoms with Crippen LogP contribution < -0.4 is 27.6 Å². The van der Waals surface area contributed by atoms with Crippen molar-refractivity contribution in [1.29, 1.82) is 0 Å². The lowest BCUT2D eigenvalue weighted by Crippen LogP contribution is -3.00. The van der Waals surface area contributed by atoms with Crippen molar-refractivity contribution in [3.05, 3.63) is 59.7 Å². The first kappa shape index (κ1) is 32.4. The van der Waals surface area contributed by atoms with Crippen molar-refractivity contribution in [2.45, 2.75) is 44.6 Å². The number of likely N-dealkylation sites (N-methyl/N-ethyl adjacent to an activating group) is 2. The number of halogens is 1. The van der Waals surface area contributed by atoms with E-state index < -0.39 is 0 Å². The third-order valence-corrected chi connectivity index (χ3v) is 7.49. The molecule has 6 nitrogen and oxygen atoms in total. The third kappa shape index (κ3) is 11.9. The monoisotopic (exact) mass is 546 g/mol. The zero-order valence-electron chi connectivity index (χ0n) is 24.2. The molecule has 0 saturated carbocycles. The quantitative estimate of drug-likeness (QED) is 0.319. The number of rotatable bonds is 16. The third-order valence-electron chi connectivity index (χ3n) is 7.49. The van der Waals surface area contributed by atoms with Crippen LogP contribution in [0.5, 0.6) is 11.5 Å². The Bertz CT molecular complexity index is 826. The van der Waals surface area contributed by atoms with Crippen molar-refractivity contribution in [2.24, 2.45) is 5.73 Å². The first-order valence-electron chi connectivity index (χ1n) is 14.2. The molecule has 38 heavy (non-hydrogen) atoms. The molecule has 3 rings (SSSR count). The van der Waals surface area contributed by atoms with E-state index >= 15 is 0 Å². The lowest BCUT2D eigenvalue weighted by atomic mass is 10.00. The molecule has 2 aromatic carbocycles. The SMILES string of the molecule is CN(C)CCOc1ccc(CCC[N+]2(CCCc3ccc(OCCN(C)C)cc3)CCC[C@H](N)C2)cc1.[Cl-]. The summed E-state index contributed by atoms with van der Waals surface area (Å²) in [4.78, 5) is 4.28. The van der Waals surface area contributed by atoms with Crippen molar-refractivity contribution in [2.75, 3.05) is 80.7 Å². The van der Waals surface area contributed by atoms with Gasteiger partial charge in [0.2, 0.25) is 0 Å². The van der Waals surface area contributed by atoms with E-state index in [1.165, 1.54) is 60.9 Å². The van der Waals surface area contributed by atoms with Gasteiger partial charge >= 0.3 is 0 Å². The number of hydrogen-bond donors (Lipinski definition) is 1. The van der Waals surface area contributed by atoms with E-state index in [9.17, 15) is 0 Å². The van der Waals surface area contributed by atoms with E-state index in [2.05, 4.69) is 86.5 Å². The number of aryl methyl sites for hydroxylation is 2. The molecule has 1 atom stereocenters. The maximum atomic E-state index is 6.48. The second kappa shape index (κ2) is 17.0. The molecule has 0 spiro atoms. The normalized spacial score (nSPS) is 16.9. The number of quaternary nitrogens is 1. The number of nitrogens with zero attached hydrogens (tertiary/aromatic N) is 3. The molecule has 0 amide bonds.